The van der Waals surface area contributed by atoms with Crippen LogP contribution in [0.3, 0.4) is 0 Å². The summed E-state index contributed by atoms with van der Waals surface area (Å²) in [5.74, 6) is 0. The van der Waals surface area contributed by atoms with Crippen molar-refractivity contribution in [3.05, 3.63) is 40.4 Å². The lowest BCUT2D eigenvalue weighted by atomic mass is 10.3. The number of hydrogen-bond donors (Lipinski definition) is 1. The van der Waals surface area contributed by atoms with Crippen LogP contribution in [0.5, 0.6) is 0 Å². The molecule has 0 fully saturated rings. The smallest absolute Gasteiger partial charge is 0.115 e. The number of hydrogen-bond acceptors (Lipinski definition) is 5. The molecule has 0 amide bonds. The van der Waals surface area contributed by atoms with Crippen LogP contribution in [0, 0.1) is 6.92 Å². The highest BCUT2D eigenvalue weighted by Crippen LogP contribution is 2.08. The van der Waals surface area contributed by atoms with Crippen molar-refractivity contribution in [1.29, 1.82) is 0 Å². The summed E-state index contributed by atoms with van der Waals surface area (Å²) in [5.41, 5.74) is 2.22. The minimum absolute atomic E-state index is 0.811. The fourth-order valence-corrected chi connectivity index (χ4v) is 2.14. The molecule has 0 aliphatic heterocycles. The predicted octanol–water partition coefficient (Wildman–Crippen LogP) is 1.57. The Morgan fingerprint density at radius 1 is 1.31 bits per heavy atom. The largest absolute Gasteiger partial charge is 0.312 e. The van der Waals surface area contributed by atoms with Crippen LogP contribution in [0.15, 0.2) is 24.1 Å². The molecular formula is C11H14N4S. The molecule has 84 valence electrons. The zero-order valence-electron chi connectivity index (χ0n) is 9.18. The fraction of sp³-hybridized carbons (Fsp3) is 0.364. The van der Waals surface area contributed by atoms with Gasteiger partial charge in [-0.3, -0.25) is 0 Å². The summed E-state index contributed by atoms with van der Waals surface area (Å²) in [4.78, 5) is 12.3. The molecule has 2 aromatic rings. The highest BCUT2D eigenvalue weighted by atomic mass is 32.1. The zero-order chi connectivity index (χ0) is 11.2. The number of rotatable bonds is 5. The van der Waals surface area contributed by atoms with Gasteiger partial charge in [-0.05, 0) is 6.92 Å². The van der Waals surface area contributed by atoms with Crippen LogP contribution in [-0.2, 0) is 13.0 Å². The number of aromatic nitrogens is 3. The highest BCUT2D eigenvalue weighted by Gasteiger charge is 1.98. The molecule has 1 N–H and O–H groups in total. The van der Waals surface area contributed by atoms with E-state index in [0.29, 0.717) is 0 Å². The fourth-order valence-electron chi connectivity index (χ4n) is 1.37. The summed E-state index contributed by atoms with van der Waals surface area (Å²) in [6, 6.07) is 0. The SMILES string of the molecule is Cc1csc(CCNCc2cncnc2)n1. The average molecular weight is 234 g/mol. The van der Waals surface area contributed by atoms with Gasteiger partial charge in [0.15, 0.2) is 0 Å². The van der Waals surface area contributed by atoms with Gasteiger partial charge in [0.1, 0.15) is 6.33 Å². The van der Waals surface area contributed by atoms with E-state index < -0.39 is 0 Å². The maximum absolute atomic E-state index is 4.41. The van der Waals surface area contributed by atoms with Gasteiger partial charge in [-0.15, -0.1) is 11.3 Å². The Balaban J connectivity index is 1.69. The molecule has 0 spiro atoms. The minimum Gasteiger partial charge on any atom is -0.312 e. The van der Waals surface area contributed by atoms with E-state index in [4.69, 9.17) is 0 Å². The van der Waals surface area contributed by atoms with Crippen LogP contribution in [-0.4, -0.2) is 21.5 Å². The molecule has 0 radical (unpaired) electrons. The molecule has 2 aromatic heterocycles. The Labute approximate surface area is 98.8 Å². The monoisotopic (exact) mass is 234 g/mol. The first kappa shape index (κ1) is 11.2. The second kappa shape index (κ2) is 5.67. The maximum atomic E-state index is 4.41. The summed E-state index contributed by atoms with van der Waals surface area (Å²) in [6.45, 7) is 3.77. The summed E-state index contributed by atoms with van der Waals surface area (Å²) >= 11 is 1.72. The van der Waals surface area contributed by atoms with Crippen LogP contribution in [0.4, 0.5) is 0 Å². The van der Waals surface area contributed by atoms with Crippen LogP contribution in [0.25, 0.3) is 0 Å². The molecule has 2 rings (SSSR count). The Kier molecular flexibility index (Phi) is 3.96. The van der Waals surface area contributed by atoms with E-state index in [1.165, 1.54) is 5.01 Å². The van der Waals surface area contributed by atoms with E-state index in [-0.39, 0.29) is 0 Å². The van der Waals surface area contributed by atoms with Gasteiger partial charge in [0.2, 0.25) is 0 Å². The van der Waals surface area contributed by atoms with Crippen molar-refractivity contribution >= 4 is 11.3 Å². The summed E-state index contributed by atoms with van der Waals surface area (Å²) in [7, 11) is 0. The number of nitrogens with zero attached hydrogens (tertiary/aromatic N) is 3. The first-order chi connectivity index (χ1) is 7.84. The first-order valence-electron chi connectivity index (χ1n) is 5.20. The molecule has 2 heterocycles. The van der Waals surface area contributed by atoms with Gasteiger partial charge < -0.3 is 5.32 Å². The van der Waals surface area contributed by atoms with E-state index in [1.807, 2.05) is 19.3 Å². The van der Waals surface area contributed by atoms with Gasteiger partial charge in [-0.25, -0.2) is 15.0 Å². The Morgan fingerprint density at radius 2 is 2.12 bits per heavy atom. The molecule has 0 unspecified atom stereocenters. The number of aryl methyl sites for hydroxylation is 1. The number of nitrogens with one attached hydrogen (secondary N) is 1. The van der Waals surface area contributed by atoms with Crippen LogP contribution >= 0.6 is 11.3 Å². The van der Waals surface area contributed by atoms with E-state index in [0.717, 1.165) is 30.8 Å². The third-order valence-corrected chi connectivity index (χ3v) is 3.15. The molecule has 0 aliphatic carbocycles. The molecule has 5 heteroatoms. The van der Waals surface area contributed by atoms with Crippen LogP contribution < -0.4 is 5.32 Å². The van der Waals surface area contributed by atoms with Crippen molar-refractivity contribution in [3.8, 4) is 0 Å². The van der Waals surface area contributed by atoms with Crippen molar-refractivity contribution < 1.29 is 0 Å². The van der Waals surface area contributed by atoms with Gasteiger partial charge in [0.25, 0.3) is 0 Å². The van der Waals surface area contributed by atoms with E-state index >= 15 is 0 Å². The lowest BCUT2D eigenvalue weighted by Gasteiger charge is -2.02. The highest BCUT2D eigenvalue weighted by molar-refractivity contribution is 7.09. The van der Waals surface area contributed by atoms with Crippen LogP contribution in [0.2, 0.25) is 0 Å². The molecule has 0 atom stereocenters. The Morgan fingerprint density at radius 3 is 2.81 bits per heavy atom. The molecule has 0 aromatic carbocycles. The first-order valence-corrected chi connectivity index (χ1v) is 6.08. The van der Waals surface area contributed by atoms with Gasteiger partial charge in [0.05, 0.1) is 5.01 Å². The molecule has 0 bridgehead atoms. The van der Waals surface area contributed by atoms with Crippen molar-refractivity contribution in [2.24, 2.45) is 0 Å². The number of thiazole rings is 1. The lowest BCUT2D eigenvalue weighted by Crippen LogP contribution is -2.16. The summed E-state index contributed by atoms with van der Waals surface area (Å²) in [6.07, 6.45) is 6.18. The molecule has 0 saturated heterocycles. The van der Waals surface area contributed by atoms with Crippen molar-refractivity contribution in [1.82, 2.24) is 20.3 Å². The third kappa shape index (κ3) is 3.36. The van der Waals surface area contributed by atoms with Crippen molar-refractivity contribution in [3.63, 3.8) is 0 Å². The van der Waals surface area contributed by atoms with Crippen LogP contribution in [0.1, 0.15) is 16.3 Å². The zero-order valence-corrected chi connectivity index (χ0v) is 10.00. The average Bonchev–Trinajstić information content (AvgIpc) is 2.72. The lowest BCUT2D eigenvalue weighted by molar-refractivity contribution is 0.681. The van der Waals surface area contributed by atoms with Gasteiger partial charge >= 0.3 is 0 Å². The van der Waals surface area contributed by atoms with Gasteiger partial charge in [0, 0.05) is 48.5 Å². The molecule has 0 aliphatic rings. The van der Waals surface area contributed by atoms with E-state index in [9.17, 15) is 0 Å². The Bertz CT molecular complexity index is 427. The van der Waals surface area contributed by atoms with Gasteiger partial charge in [-0.1, -0.05) is 0 Å². The van der Waals surface area contributed by atoms with E-state index in [2.05, 4.69) is 25.6 Å². The standard InChI is InChI=1S/C11H14N4S/c1-9-7-16-11(15-9)2-3-12-4-10-5-13-8-14-6-10/h5-8,12H,2-4H2,1H3. The molecule has 4 nitrogen and oxygen atoms in total. The third-order valence-electron chi connectivity index (χ3n) is 2.13. The van der Waals surface area contributed by atoms with Gasteiger partial charge in [-0.2, -0.15) is 0 Å². The summed E-state index contributed by atoms with van der Waals surface area (Å²) in [5, 5.41) is 6.62. The molecule has 16 heavy (non-hydrogen) atoms. The second-order valence-electron chi connectivity index (χ2n) is 3.56. The van der Waals surface area contributed by atoms with E-state index in [1.54, 1.807) is 17.7 Å². The Hall–Kier alpha value is -1.33. The minimum atomic E-state index is 0.811. The van der Waals surface area contributed by atoms with Crippen molar-refractivity contribution in [2.75, 3.05) is 6.54 Å². The molecular weight excluding hydrogens is 220 g/mol. The summed E-state index contributed by atoms with van der Waals surface area (Å²) < 4.78 is 0. The second-order valence-corrected chi connectivity index (χ2v) is 4.50. The quantitative estimate of drug-likeness (QED) is 0.798. The normalized spacial score (nSPS) is 10.6. The molecule has 0 saturated carbocycles. The van der Waals surface area contributed by atoms with Crippen molar-refractivity contribution in [2.45, 2.75) is 19.9 Å². The topological polar surface area (TPSA) is 50.7 Å². The predicted molar refractivity (Wildman–Crippen MR) is 64.3 cm³/mol. The maximum Gasteiger partial charge on any atom is 0.115 e.